The summed E-state index contributed by atoms with van der Waals surface area (Å²) in [5, 5.41) is 12.0. The molecule has 1 amide bonds. The first-order chi connectivity index (χ1) is 11.4. The standard InChI is InChI=1S/C18H13ClF2N2O/c1-11-2-3-12(8-15(11)19)4-7-18(24)23-17(10-22)14-6-5-13(20)9-16(14)21/h2-9,17H,1H3,(H,23,24)/b7-4+. The molecule has 0 fully saturated rings. The van der Waals surface area contributed by atoms with Crippen molar-refractivity contribution in [2.24, 2.45) is 0 Å². The third-order valence-electron chi connectivity index (χ3n) is 3.31. The minimum Gasteiger partial charge on any atom is -0.333 e. The molecule has 2 rings (SSSR count). The van der Waals surface area contributed by atoms with E-state index in [1.54, 1.807) is 18.2 Å². The summed E-state index contributed by atoms with van der Waals surface area (Å²) in [5.41, 5.74) is 1.52. The lowest BCUT2D eigenvalue weighted by atomic mass is 10.1. The zero-order valence-electron chi connectivity index (χ0n) is 12.7. The number of carbonyl (C=O) groups excluding carboxylic acids is 1. The SMILES string of the molecule is Cc1ccc(/C=C/C(=O)NC(C#N)c2ccc(F)cc2F)cc1Cl. The molecule has 0 aliphatic carbocycles. The molecule has 0 saturated carbocycles. The van der Waals surface area contributed by atoms with Crippen molar-refractivity contribution in [3.63, 3.8) is 0 Å². The van der Waals surface area contributed by atoms with E-state index >= 15 is 0 Å². The van der Waals surface area contributed by atoms with E-state index in [1.165, 1.54) is 12.2 Å². The smallest absolute Gasteiger partial charge is 0.245 e. The Morgan fingerprint density at radius 2 is 2.04 bits per heavy atom. The summed E-state index contributed by atoms with van der Waals surface area (Å²) in [6, 6.07) is 8.67. The van der Waals surface area contributed by atoms with Crippen LogP contribution in [0.2, 0.25) is 5.02 Å². The van der Waals surface area contributed by atoms with Crippen molar-refractivity contribution >= 4 is 23.6 Å². The van der Waals surface area contributed by atoms with E-state index in [2.05, 4.69) is 5.32 Å². The van der Waals surface area contributed by atoms with Gasteiger partial charge in [-0.05, 0) is 36.3 Å². The number of rotatable bonds is 4. The van der Waals surface area contributed by atoms with Gasteiger partial charge in [0.1, 0.15) is 17.7 Å². The Bertz CT molecular complexity index is 843. The number of nitrogens with zero attached hydrogens (tertiary/aromatic N) is 1. The van der Waals surface area contributed by atoms with Crippen LogP contribution in [0, 0.1) is 29.9 Å². The Labute approximate surface area is 143 Å². The average molecular weight is 347 g/mol. The molecule has 3 nitrogen and oxygen atoms in total. The van der Waals surface area contributed by atoms with Gasteiger partial charge in [-0.15, -0.1) is 0 Å². The van der Waals surface area contributed by atoms with Crippen LogP contribution in [-0.2, 0) is 4.79 Å². The molecule has 0 bridgehead atoms. The molecule has 1 N–H and O–H groups in total. The summed E-state index contributed by atoms with van der Waals surface area (Å²) in [7, 11) is 0. The van der Waals surface area contributed by atoms with Crippen LogP contribution >= 0.6 is 11.6 Å². The van der Waals surface area contributed by atoms with Crippen LogP contribution in [0.1, 0.15) is 22.7 Å². The second kappa shape index (κ2) is 7.71. The van der Waals surface area contributed by atoms with Crippen LogP contribution in [0.5, 0.6) is 0 Å². The van der Waals surface area contributed by atoms with Crippen LogP contribution < -0.4 is 5.32 Å². The van der Waals surface area contributed by atoms with E-state index < -0.39 is 23.6 Å². The van der Waals surface area contributed by atoms with E-state index in [0.29, 0.717) is 16.7 Å². The first-order valence-corrected chi connectivity index (χ1v) is 7.38. The zero-order valence-corrected chi connectivity index (χ0v) is 13.4. The van der Waals surface area contributed by atoms with E-state index in [4.69, 9.17) is 16.9 Å². The number of carbonyl (C=O) groups is 1. The van der Waals surface area contributed by atoms with E-state index in [9.17, 15) is 13.6 Å². The molecule has 0 aliphatic rings. The average Bonchev–Trinajstić information content (AvgIpc) is 2.54. The summed E-state index contributed by atoms with van der Waals surface area (Å²) in [6.45, 7) is 1.86. The molecule has 1 atom stereocenters. The van der Waals surface area contributed by atoms with Crippen molar-refractivity contribution in [2.45, 2.75) is 13.0 Å². The van der Waals surface area contributed by atoms with Crippen molar-refractivity contribution in [1.82, 2.24) is 5.32 Å². The lowest BCUT2D eigenvalue weighted by Crippen LogP contribution is -2.26. The number of hydrogen-bond acceptors (Lipinski definition) is 2. The molecule has 0 saturated heterocycles. The van der Waals surface area contributed by atoms with Gasteiger partial charge >= 0.3 is 0 Å². The maximum absolute atomic E-state index is 13.7. The minimum atomic E-state index is -1.22. The molecule has 6 heteroatoms. The molecule has 0 aliphatic heterocycles. The van der Waals surface area contributed by atoms with Gasteiger partial charge in [0.25, 0.3) is 0 Å². The van der Waals surface area contributed by atoms with Gasteiger partial charge in [0.2, 0.25) is 5.91 Å². The van der Waals surface area contributed by atoms with Crippen LogP contribution in [0.25, 0.3) is 6.08 Å². The molecule has 24 heavy (non-hydrogen) atoms. The van der Waals surface area contributed by atoms with E-state index in [0.717, 1.165) is 17.7 Å². The predicted octanol–water partition coefficient (Wildman–Crippen LogP) is 4.32. The topological polar surface area (TPSA) is 52.9 Å². The van der Waals surface area contributed by atoms with Gasteiger partial charge in [0, 0.05) is 22.7 Å². The fraction of sp³-hybridized carbons (Fsp3) is 0.111. The van der Waals surface area contributed by atoms with Crippen molar-refractivity contribution in [3.05, 3.63) is 75.8 Å². The molecule has 2 aromatic rings. The summed E-state index contributed by atoms with van der Waals surface area (Å²) in [5.74, 6) is -2.23. The number of nitriles is 1. The Morgan fingerprint density at radius 3 is 2.67 bits per heavy atom. The monoisotopic (exact) mass is 346 g/mol. The first kappa shape index (κ1) is 17.6. The highest BCUT2D eigenvalue weighted by atomic mass is 35.5. The van der Waals surface area contributed by atoms with Gasteiger partial charge < -0.3 is 5.32 Å². The number of halogens is 3. The number of amides is 1. The molecule has 122 valence electrons. The van der Waals surface area contributed by atoms with Crippen molar-refractivity contribution in [3.8, 4) is 6.07 Å². The van der Waals surface area contributed by atoms with E-state index in [1.807, 2.05) is 13.0 Å². The van der Waals surface area contributed by atoms with Gasteiger partial charge in [0.15, 0.2) is 0 Å². The van der Waals surface area contributed by atoms with Gasteiger partial charge in [0.05, 0.1) is 6.07 Å². The van der Waals surface area contributed by atoms with Gasteiger partial charge in [-0.25, -0.2) is 8.78 Å². The fourth-order valence-electron chi connectivity index (χ4n) is 1.99. The minimum absolute atomic E-state index is 0.0981. The number of hydrogen-bond donors (Lipinski definition) is 1. The maximum Gasteiger partial charge on any atom is 0.245 e. The van der Waals surface area contributed by atoms with Gasteiger partial charge in [-0.2, -0.15) is 5.26 Å². The van der Waals surface area contributed by atoms with E-state index in [-0.39, 0.29) is 5.56 Å². The Balaban J connectivity index is 2.10. The second-order valence-electron chi connectivity index (χ2n) is 5.08. The molecule has 0 radical (unpaired) electrons. The van der Waals surface area contributed by atoms with Gasteiger partial charge in [-0.1, -0.05) is 29.8 Å². The third kappa shape index (κ3) is 4.40. The van der Waals surface area contributed by atoms with Crippen LogP contribution in [-0.4, -0.2) is 5.91 Å². The normalized spacial score (nSPS) is 12.0. The quantitative estimate of drug-likeness (QED) is 0.838. The number of aryl methyl sites for hydroxylation is 1. The molecule has 0 heterocycles. The Hall–Kier alpha value is -2.71. The zero-order chi connectivity index (χ0) is 17.7. The number of benzene rings is 2. The summed E-state index contributed by atoms with van der Waals surface area (Å²) in [6.07, 6.45) is 2.74. The highest BCUT2D eigenvalue weighted by Gasteiger charge is 2.17. The molecule has 0 spiro atoms. The summed E-state index contributed by atoms with van der Waals surface area (Å²) < 4.78 is 26.6. The van der Waals surface area contributed by atoms with Crippen molar-refractivity contribution in [2.75, 3.05) is 0 Å². The lowest BCUT2D eigenvalue weighted by Gasteiger charge is -2.11. The van der Waals surface area contributed by atoms with Crippen LogP contribution in [0.4, 0.5) is 8.78 Å². The Morgan fingerprint density at radius 1 is 1.29 bits per heavy atom. The van der Waals surface area contributed by atoms with Crippen LogP contribution in [0.15, 0.2) is 42.5 Å². The Kier molecular flexibility index (Phi) is 5.67. The molecular weight excluding hydrogens is 334 g/mol. The van der Waals surface area contributed by atoms with Gasteiger partial charge in [-0.3, -0.25) is 4.79 Å². The largest absolute Gasteiger partial charge is 0.333 e. The first-order valence-electron chi connectivity index (χ1n) is 7.00. The summed E-state index contributed by atoms with van der Waals surface area (Å²) >= 11 is 6.00. The molecular formula is C18H13ClF2N2O. The highest BCUT2D eigenvalue weighted by Crippen LogP contribution is 2.19. The second-order valence-corrected chi connectivity index (χ2v) is 5.49. The maximum atomic E-state index is 13.7. The fourth-order valence-corrected chi connectivity index (χ4v) is 2.18. The molecule has 1 unspecified atom stereocenters. The third-order valence-corrected chi connectivity index (χ3v) is 3.72. The van der Waals surface area contributed by atoms with Crippen molar-refractivity contribution < 1.29 is 13.6 Å². The predicted molar refractivity (Wildman–Crippen MR) is 88.1 cm³/mol. The van der Waals surface area contributed by atoms with Crippen LogP contribution in [0.3, 0.4) is 0 Å². The summed E-state index contributed by atoms with van der Waals surface area (Å²) in [4.78, 5) is 11.9. The molecule has 2 aromatic carbocycles. The number of nitrogens with one attached hydrogen (secondary N) is 1. The molecule has 0 aromatic heterocycles. The lowest BCUT2D eigenvalue weighted by molar-refractivity contribution is -0.116. The van der Waals surface area contributed by atoms with Crippen molar-refractivity contribution in [1.29, 1.82) is 5.26 Å². The highest BCUT2D eigenvalue weighted by molar-refractivity contribution is 6.31.